The Hall–Kier alpha value is -1.21. The average molecular weight is 352 g/mol. The largest absolute Gasteiger partial charge is 0.488 e. The molecule has 0 spiro atoms. The van der Waals surface area contributed by atoms with Gasteiger partial charge in [-0.3, -0.25) is 9.80 Å². The highest BCUT2D eigenvalue weighted by Gasteiger charge is 2.37. The zero-order valence-electron chi connectivity index (χ0n) is 14.9. The van der Waals surface area contributed by atoms with E-state index in [2.05, 4.69) is 9.80 Å². The third kappa shape index (κ3) is 4.91. The molecule has 0 bridgehead atoms. The summed E-state index contributed by atoms with van der Waals surface area (Å²) in [5.74, 6) is 0.344. The minimum atomic E-state index is -0.510. The Morgan fingerprint density at radius 1 is 1.12 bits per heavy atom. The molecule has 5 nitrogen and oxygen atoms in total. The number of halogens is 1. The van der Waals surface area contributed by atoms with E-state index in [0.29, 0.717) is 5.75 Å². The van der Waals surface area contributed by atoms with Gasteiger partial charge in [-0.1, -0.05) is 0 Å². The molecule has 1 saturated heterocycles. The Morgan fingerprint density at radius 2 is 1.84 bits per heavy atom. The van der Waals surface area contributed by atoms with Crippen molar-refractivity contribution in [2.45, 2.75) is 37.5 Å². The van der Waals surface area contributed by atoms with Crippen LogP contribution in [-0.2, 0) is 4.74 Å². The summed E-state index contributed by atoms with van der Waals surface area (Å²) < 4.78 is 24.1. The molecule has 1 saturated carbocycles. The lowest BCUT2D eigenvalue weighted by molar-refractivity contribution is -0.0640. The standard InChI is InChI=1S/C19H29FN2O3/c1-24-14-13-21-9-11-22(12-10-21)17-3-2-4-18(19(17)23)25-16-7-5-15(20)6-8-16/h5-8,17-19,23H,2-4,9-14H2,1H3/t17-,18+,19+/m0/s1. The average Bonchev–Trinajstić information content (AvgIpc) is 2.64. The van der Waals surface area contributed by atoms with Gasteiger partial charge >= 0.3 is 0 Å². The van der Waals surface area contributed by atoms with Gasteiger partial charge in [-0.2, -0.15) is 0 Å². The lowest BCUT2D eigenvalue weighted by Gasteiger charge is -2.44. The summed E-state index contributed by atoms with van der Waals surface area (Å²) in [6, 6.07) is 6.17. The molecule has 1 heterocycles. The predicted octanol–water partition coefficient (Wildman–Crippen LogP) is 1.75. The molecule has 1 N–H and O–H groups in total. The molecule has 3 atom stereocenters. The monoisotopic (exact) mass is 352 g/mol. The molecule has 1 aromatic carbocycles. The second kappa shape index (κ2) is 8.94. The van der Waals surface area contributed by atoms with Crippen LogP contribution in [0.1, 0.15) is 19.3 Å². The van der Waals surface area contributed by atoms with E-state index in [4.69, 9.17) is 9.47 Å². The number of aliphatic hydroxyl groups excluding tert-OH is 1. The molecule has 1 aromatic rings. The summed E-state index contributed by atoms with van der Waals surface area (Å²) in [5.41, 5.74) is 0. The number of hydrogen-bond donors (Lipinski definition) is 1. The first-order valence-corrected chi connectivity index (χ1v) is 9.23. The van der Waals surface area contributed by atoms with Gasteiger partial charge in [0.05, 0.1) is 6.61 Å². The predicted molar refractivity (Wildman–Crippen MR) is 94.4 cm³/mol. The fourth-order valence-corrected chi connectivity index (χ4v) is 3.87. The fraction of sp³-hybridized carbons (Fsp3) is 0.684. The first-order valence-electron chi connectivity index (χ1n) is 9.23. The zero-order chi connectivity index (χ0) is 17.6. The van der Waals surface area contributed by atoms with Crippen molar-refractivity contribution in [3.8, 4) is 5.75 Å². The van der Waals surface area contributed by atoms with E-state index in [0.717, 1.165) is 58.6 Å². The third-order valence-electron chi connectivity index (χ3n) is 5.35. The Balaban J connectivity index is 1.53. The Labute approximate surface area is 149 Å². The second-order valence-electron chi connectivity index (χ2n) is 6.97. The molecule has 0 aromatic heterocycles. The minimum absolute atomic E-state index is 0.142. The number of ether oxygens (including phenoxy) is 2. The van der Waals surface area contributed by atoms with E-state index in [1.807, 2.05) is 0 Å². The molecule has 6 heteroatoms. The molecule has 2 fully saturated rings. The molecular weight excluding hydrogens is 323 g/mol. The molecule has 0 radical (unpaired) electrons. The third-order valence-corrected chi connectivity index (χ3v) is 5.35. The summed E-state index contributed by atoms with van der Waals surface area (Å²) in [5, 5.41) is 10.8. The van der Waals surface area contributed by atoms with Crippen molar-refractivity contribution < 1.29 is 19.0 Å². The van der Waals surface area contributed by atoms with Gasteiger partial charge < -0.3 is 14.6 Å². The smallest absolute Gasteiger partial charge is 0.126 e. The van der Waals surface area contributed by atoms with Gasteiger partial charge in [0.2, 0.25) is 0 Å². The lowest BCUT2D eigenvalue weighted by Crippen LogP contribution is -2.58. The van der Waals surface area contributed by atoms with Crippen molar-refractivity contribution >= 4 is 0 Å². The molecule has 25 heavy (non-hydrogen) atoms. The molecule has 1 aliphatic carbocycles. The van der Waals surface area contributed by atoms with Crippen LogP contribution in [0.4, 0.5) is 4.39 Å². The number of rotatable bonds is 6. The van der Waals surface area contributed by atoms with Gasteiger partial charge in [-0.15, -0.1) is 0 Å². The number of piperazine rings is 1. The zero-order valence-corrected chi connectivity index (χ0v) is 14.9. The van der Waals surface area contributed by atoms with Crippen LogP contribution < -0.4 is 4.74 Å². The highest BCUT2D eigenvalue weighted by atomic mass is 19.1. The van der Waals surface area contributed by atoms with Crippen molar-refractivity contribution in [3.63, 3.8) is 0 Å². The minimum Gasteiger partial charge on any atom is -0.488 e. The van der Waals surface area contributed by atoms with E-state index in [1.54, 1.807) is 19.2 Å². The van der Waals surface area contributed by atoms with Gasteiger partial charge in [0.1, 0.15) is 23.8 Å². The maximum Gasteiger partial charge on any atom is 0.126 e. The van der Waals surface area contributed by atoms with Crippen LogP contribution in [0.15, 0.2) is 24.3 Å². The normalized spacial score (nSPS) is 28.8. The van der Waals surface area contributed by atoms with E-state index < -0.39 is 6.10 Å². The number of hydrogen-bond acceptors (Lipinski definition) is 5. The van der Waals surface area contributed by atoms with Crippen molar-refractivity contribution in [1.29, 1.82) is 0 Å². The molecule has 1 aliphatic heterocycles. The van der Waals surface area contributed by atoms with Crippen LogP contribution in [0.2, 0.25) is 0 Å². The lowest BCUT2D eigenvalue weighted by atomic mass is 9.88. The van der Waals surface area contributed by atoms with Crippen molar-refractivity contribution in [1.82, 2.24) is 9.80 Å². The highest BCUT2D eigenvalue weighted by molar-refractivity contribution is 5.22. The SMILES string of the molecule is COCCN1CCN([C@H]2CCC[C@@H](Oc3ccc(F)cc3)[C@@H]2O)CC1. The number of aliphatic hydroxyl groups is 1. The molecule has 2 aliphatic rings. The number of benzene rings is 1. The number of nitrogens with zero attached hydrogens (tertiary/aromatic N) is 2. The molecule has 0 amide bonds. The summed E-state index contributed by atoms with van der Waals surface area (Å²) in [4.78, 5) is 4.80. The van der Waals surface area contributed by atoms with Crippen LogP contribution in [0.5, 0.6) is 5.75 Å². The molecule has 3 rings (SSSR count). The first-order chi connectivity index (χ1) is 12.2. The fourth-order valence-electron chi connectivity index (χ4n) is 3.87. The maximum absolute atomic E-state index is 13.0. The summed E-state index contributed by atoms with van der Waals surface area (Å²) in [6.07, 6.45) is 2.14. The van der Waals surface area contributed by atoms with E-state index in [1.165, 1.54) is 12.1 Å². The van der Waals surface area contributed by atoms with Crippen LogP contribution in [-0.4, -0.2) is 79.6 Å². The van der Waals surface area contributed by atoms with Gasteiger partial charge in [0.15, 0.2) is 0 Å². The summed E-state index contributed by atoms with van der Waals surface area (Å²) >= 11 is 0. The summed E-state index contributed by atoms with van der Waals surface area (Å²) in [7, 11) is 1.73. The second-order valence-corrected chi connectivity index (χ2v) is 6.97. The quantitative estimate of drug-likeness (QED) is 0.845. The Kier molecular flexibility index (Phi) is 6.64. The van der Waals surface area contributed by atoms with Crippen LogP contribution in [0.25, 0.3) is 0 Å². The maximum atomic E-state index is 13.0. The van der Waals surface area contributed by atoms with Crippen molar-refractivity contribution in [3.05, 3.63) is 30.1 Å². The van der Waals surface area contributed by atoms with Crippen LogP contribution in [0, 0.1) is 5.82 Å². The van der Waals surface area contributed by atoms with E-state index >= 15 is 0 Å². The van der Waals surface area contributed by atoms with Gasteiger partial charge in [-0.25, -0.2) is 4.39 Å². The van der Waals surface area contributed by atoms with E-state index in [9.17, 15) is 9.50 Å². The molecular formula is C19H29FN2O3. The molecule has 140 valence electrons. The first kappa shape index (κ1) is 18.6. The topological polar surface area (TPSA) is 45.2 Å². The number of methoxy groups -OCH3 is 1. The Bertz CT molecular complexity index is 520. The Morgan fingerprint density at radius 3 is 2.52 bits per heavy atom. The highest BCUT2D eigenvalue weighted by Crippen LogP contribution is 2.28. The van der Waals surface area contributed by atoms with Crippen molar-refractivity contribution in [2.24, 2.45) is 0 Å². The summed E-state index contributed by atoms with van der Waals surface area (Å²) in [6.45, 7) is 5.68. The molecule has 0 unspecified atom stereocenters. The van der Waals surface area contributed by atoms with Crippen molar-refractivity contribution in [2.75, 3.05) is 46.4 Å². The van der Waals surface area contributed by atoms with Gasteiger partial charge in [0, 0.05) is 45.9 Å². The van der Waals surface area contributed by atoms with E-state index in [-0.39, 0.29) is 18.0 Å². The van der Waals surface area contributed by atoms with Gasteiger partial charge in [-0.05, 0) is 43.5 Å². The van der Waals surface area contributed by atoms with Crippen LogP contribution >= 0.6 is 0 Å². The van der Waals surface area contributed by atoms with Crippen LogP contribution in [0.3, 0.4) is 0 Å². The van der Waals surface area contributed by atoms with Gasteiger partial charge in [0.25, 0.3) is 0 Å².